The minimum atomic E-state index is -0.511. The number of carbonyl (C=O) groups is 2. The van der Waals surface area contributed by atoms with Gasteiger partial charge < -0.3 is 20.5 Å². The fourth-order valence-electron chi connectivity index (χ4n) is 11.0. The summed E-state index contributed by atoms with van der Waals surface area (Å²) in [4.78, 5) is 30.2. The van der Waals surface area contributed by atoms with E-state index in [2.05, 4.69) is 211 Å². The number of aromatic hydroxyl groups is 1. The molecule has 9 rings (SSSR count). The van der Waals surface area contributed by atoms with Crippen LogP contribution in [-0.2, 0) is 27.3 Å². The third kappa shape index (κ3) is 15.5. The number of amides is 2. The van der Waals surface area contributed by atoms with Crippen LogP contribution in [0.2, 0.25) is 0 Å². The molecule has 84 heavy (non-hydrogen) atoms. The number of phenols is 1. The second kappa shape index (κ2) is 29.6. The van der Waals surface area contributed by atoms with E-state index in [-0.39, 0.29) is 35.3 Å². The second-order valence-electron chi connectivity index (χ2n) is 22.0. The summed E-state index contributed by atoms with van der Waals surface area (Å²) in [5.41, 5.74) is 10.9. The first-order chi connectivity index (χ1) is 41.0. The van der Waals surface area contributed by atoms with Crippen LogP contribution in [0, 0.1) is 11.2 Å². The van der Waals surface area contributed by atoms with Crippen molar-refractivity contribution in [2.75, 3.05) is 44.3 Å². The Balaban J connectivity index is 0.848. The summed E-state index contributed by atoms with van der Waals surface area (Å²) in [6.07, 6.45) is 3.31. The minimum absolute atomic E-state index is 0.0443. The summed E-state index contributed by atoms with van der Waals surface area (Å²) < 4.78 is 18.7. The van der Waals surface area contributed by atoms with Gasteiger partial charge in [0.25, 0.3) is 5.91 Å². The number of thioether (sulfide) groups is 2. The molecule has 0 atom stereocenters. The van der Waals surface area contributed by atoms with Gasteiger partial charge >= 0.3 is 0 Å². The molecule has 7 nitrogen and oxygen atoms in total. The Labute approximate surface area is 505 Å². The largest absolute Gasteiger partial charge is 0.507 e. The van der Waals surface area contributed by atoms with Crippen molar-refractivity contribution in [1.29, 1.82) is 0 Å². The predicted molar refractivity (Wildman–Crippen MR) is 346 cm³/mol. The van der Waals surface area contributed by atoms with E-state index in [1.807, 2.05) is 60.8 Å². The lowest BCUT2D eigenvalue weighted by Crippen LogP contribution is -2.39. The van der Waals surface area contributed by atoms with Crippen molar-refractivity contribution < 1.29 is 23.8 Å². The zero-order valence-corrected chi connectivity index (χ0v) is 50.0. The molecule has 430 valence electrons. The van der Waals surface area contributed by atoms with Crippen LogP contribution in [0.1, 0.15) is 94.9 Å². The normalized spacial score (nSPS) is 11.8. The molecule has 0 aliphatic rings. The van der Waals surface area contributed by atoms with Gasteiger partial charge in [0.1, 0.15) is 17.3 Å². The topological polar surface area (TPSA) is 90.9 Å². The Morgan fingerprint density at radius 1 is 0.571 bits per heavy atom. The van der Waals surface area contributed by atoms with Gasteiger partial charge in [0.05, 0.1) is 22.6 Å². The van der Waals surface area contributed by atoms with Crippen LogP contribution in [-0.4, -0.2) is 66.1 Å². The number of ether oxygens (including phenoxy) is 1. The number of rotatable bonds is 29. The highest BCUT2D eigenvalue weighted by Crippen LogP contribution is 2.50. The molecular weight excluding hydrogens is 1080 g/mol. The highest BCUT2D eigenvalue weighted by molar-refractivity contribution is 8.00. The number of nitrogens with zero attached hydrogens (tertiary/aromatic N) is 1. The maximum Gasteiger partial charge on any atom is 0.251 e. The zero-order chi connectivity index (χ0) is 58.6. The van der Waals surface area contributed by atoms with Crippen LogP contribution < -0.4 is 15.4 Å². The molecule has 0 bridgehead atoms. The Morgan fingerprint density at radius 3 is 1.50 bits per heavy atom. The van der Waals surface area contributed by atoms with Crippen LogP contribution in [0.5, 0.6) is 11.5 Å². The van der Waals surface area contributed by atoms with Crippen LogP contribution >= 0.6 is 23.5 Å². The van der Waals surface area contributed by atoms with Crippen molar-refractivity contribution >= 4 is 35.3 Å². The van der Waals surface area contributed by atoms with E-state index in [0.29, 0.717) is 55.4 Å². The summed E-state index contributed by atoms with van der Waals surface area (Å²) in [5, 5.41) is 17.4. The second-order valence-corrected chi connectivity index (χ2v) is 24.6. The number of hydrogen-bond donors (Lipinski definition) is 3. The van der Waals surface area contributed by atoms with E-state index in [1.165, 1.54) is 45.5 Å². The van der Waals surface area contributed by atoms with Gasteiger partial charge in [-0.05, 0) is 112 Å². The monoisotopic (exact) mass is 1150 g/mol. The molecule has 0 aromatic heterocycles. The van der Waals surface area contributed by atoms with Crippen LogP contribution in [0.25, 0.3) is 11.1 Å². The molecule has 2 amide bonds. The summed E-state index contributed by atoms with van der Waals surface area (Å²) in [5.74, 6) is 1.64. The van der Waals surface area contributed by atoms with Gasteiger partial charge in [-0.15, -0.1) is 23.5 Å². The lowest BCUT2D eigenvalue weighted by atomic mass is 9.84. The molecule has 10 heteroatoms. The molecule has 0 heterocycles. The molecule has 0 spiro atoms. The lowest BCUT2D eigenvalue weighted by Gasteiger charge is -2.36. The Morgan fingerprint density at radius 2 is 1.04 bits per heavy atom. The smallest absolute Gasteiger partial charge is 0.251 e. The molecule has 0 fully saturated rings. The summed E-state index contributed by atoms with van der Waals surface area (Å²) in [6, 6.07) is 81.5. The number of unbranched alkanes of at least 4 members (excludes halogenated alkanes) is 1. The Kier molecular flexibility index (Phi) is 21.4. The minimum Gasteiger partial charge on any atom is -0.507 e. The zero-order valence-electron chi connectivity index (χ0n) is 48.4. The SMILES string of the molecule is CCc1cc(-c2ccc(F)cc2)c(O)cc1OCCCCC(C)(C)CNC(=O)c1ccc(CN(CCSC(c2ccccc2)(c2ccccc2)c2ccccc2)CC(=O)NCCSC(c2ccccc2)(c2ccccc2)c2ccccc2)cc1. The molecule has 0 unspecified atom stereocenters. The van der Waals surface area contributed by atoms with Crippen molar-refractivity contribution in [3.8, 4) is 22.6 Å². The summed E-state index contributed by atoms with van der Waals surface area (Å²) in [6.45, 7) is 9.19. The molecule has 3 N–H and O–H groups in total. The fraction of sp³-hybridized carbons (Fsp3) is 0.243. The van der Waals surface area contributed by atoms with Crippen LogP contribution in [0.15, 0.2) is 243 Å². The number of phenolic OH excluding ortho intramolecular Hbond substituents is 1. The average molecular weight is 1150 g/mol. The predicted octanol–water partition coefficient (Wildman–Crippen LogP) is 16.1. The maximum absolute atomic E-state index is 14.3. The van der Waals surface area contributed by atoms with E-state index in [0.717, 1.165) is 48.1 Å². The molecule has 9 aromatic carbocycles. The first-order valence-electron chi connectivity index (χ1n) is 29.2. The van der Waals surface area contributed by atoms with E-state index in [4.69, 9.17) is 4.74 Å². The van der Waals surface area contributed by atoms with E-state index >= 15 is 0 Å². The Bertz CT molecular complexity index is 3270. The van der Waals surface area contributed by atoms with Gasteiger partial charge in [-0.2, -0.15) is 0 Å². The average Bonchev–Trinajstić information content (AvgIpc) is 2.74. The first-order valence-corrected chi connectivity index (χ1v) is 31.2. The highest BCUT2D eigenvalue weighted by atomic mass is 32.2. The van der Waals surface area contributed by atoms with Gasteiger partial charge in [-0.25, -0.2) is 4.39 Å². The van der Waals surface area contributed by atoms with E-state index in [9.17, 15) is 19.1 Å². The molecule has 0 radical (unpaired) electrons. The molecule has 9 aromatic rings. The highest BCUT2D eigenvalue weighted by Gasteiger charge is 2.38. The molecule has 0 aliphatic heterocycles. The van der Waals surface area contributed by atoms with Crippen molar-refractivity contribution in [3.05, 3.63) is 299 Å². The van der Waals surface area contributed by atoms with Gasteiger partial charge in [-0.1, -0.05) is 227 Å². The molecular formula is C74H76FN3O4S2. The fourth-order valence-corrected chi connectivity index (χ4v) is 14.0. The van der Waals surface area contributed by atoms with Gasteiger partial charge in [0, 0.05) is 54.9 Å². The standard InChI is InChI=1S/C74H76FN3O4S2/c1-4-57-51-67(58-41-43-66(75)44-42-58)68(79)52-69(57)82-48-24-23-45-72(2,3)55-77-71(81)59-39-37-56(38-40-59)53-78(47-50-84-74(63-31-17-8-18-32-63,64-33-19-9-20-34-64)65-35-21-10-22-36-65)54-70(80)76-46-49-83-73(60-25-11-5-12-26-60,61-27-13-6-14-28-61)62-29-15-7-16-30-62/h5-22,25-44,51-52,79H,4,23-24,45-50,53-55H2,1-3H3,(H,76,80)(H,77,81). The maximum atomic E-state index is 14.3. The third-order valence-corrected chi connectivity index (χ3v) is 18.6. The van der Waals surface area contributed by atoms with Crippen molar-refractivity contribution in [3.63, 3.8) is 0 Å². The van der Waals surface area contributed by atoms with Crippen LogP contribution in [0.3, 0.4) is 0 Å². The van der Waals surface area contributed by atoms with Gasteiger partial charge in [0.15, 0.2) is 0 Å². The van der Waals surface area contributed by atoms with Crippen molar-refractivity contribution in [2.45, 2.75) is 62.5 Å². The Hall–Kier alpha value is -7.89. The third-order valence-electron chi connectivity index (χ3n) is 15.5. The van der Waals surface area contributed by atoms with Crippen LogP contribution in [0.4, 0.5) is 4.39 Å². The van der Waals surface area contributed by atoms with E-state index < -0.39 is 9.49 Å². The lowest BCUT2D eigenvalue weighted by molar-refractivity contribution is -0.122. The number of aryl methyl sites for hydroxylation is 1. The summed E-state index contributed by atoms with van der Waals surface area (Å²) >= 11 is 3.71. The van der Waals surface area contributed by atoms with Crippen molar-refractivity contribution in [1.82, 2.24) is 15.5 Å². The number of halogens is 1. The molecule has 0 saturated carbocycles. The quantitative estimate of drug-likeness (QED) is 0.0318. The number of nitrogens with one attached hydrogen (secondary N) is 2. The van der Waals surface area contributed by atoms with Gasteiger partial charge in [-0.3, -0.25) is 14.5 Å². The number of benzene rings is 9. The van der Waals surface area contributed by atoms with Gasteiger partial charge in [0.2, 0.25) is 5.91 Å². The first kappa shape index (κ1) is 60.7. The van der Waals surface area contributed by atoms with Crippen molar-refractivity contribution in [2.24, 2.45) is 5.41 Å². The molecule has 0 saturated heterocycles. The van der Waals surface area contributed by atoms with E-state index in [1.54, 1.807) is 18.2 Å². The summed E-state index contributed by atoms with van der Waals surface area (Å²) in [7, 11) is 0. The molecule has 0 aliphatic carbocycles. The number of hydrogen-bond acceptors (Lipinski definition) is 7. The number of carbonyl (C=O) groups excluding carboxylic acids is 2.